The molecule has 74 valence electrons. The predicted molar refractivity (Wildman–Crippen MR) is 50.6 cm³/mol. The van der Waals surface area contributed by atoms with Crippen LogP contribution in [0, 0.1) is 5.92 Å². The molecule has 0 aromatic carbocycles. The number of nitrogens with one attached hydrogen (secondary N) is 1. The monoisotopic (exact) mass is 203 g/mol. The lowest BCUT2D eigenvalue weighted by Crippen LogP contribution is -2.41. The summed E-state index contributed by atoms with van der Waals surface area (Å²) in [5.41, 5.74) is 0. The number of ether oxygens (including phenoxy) is 1. The first-order valence-corrected chi connectivity index (χ1v) is 4.85. The van der Waals surface area contributed by atoms with Gasteiger partial charge < -0.3 is 4.74 Å². The highest BCUT2D eigenvalue weighted by molar-refractivity contribution is 8.16. The molecule has 0 aromatic rings. The van der Waals surface area contributed by atoms with Crippen molar-refractivity contribution in [2.24, 2.45) is 5.92 Å². The van der Waals surface area contributed by atoms with Crippen molar-refractivity contribution in [2.45, 2.75) is 18.6 Å². The molecule has 2 amide bonds. The Morgan fingerprint density at radius 3 is 2.62 bits per heavy atom. The van der Waals surface area contributed by atoms with E-state index in [1.54, 1.807) is 14.0 Å². The third kappa shape index (κ3) is 1.86. The number of thioether (sulfide) groups is 1. The van der Waals surface area contributed by atoms with Gasteiger partial charge in [0.1, 0.15) is 4.75 Å². The second-order valence-corrected chi connectivity index (χ2v) is 4.73. The second-order valence-electron chi connectivity index (χ2n) is 3.31. The summed E-state index contributed by atoms with van der Waals surface area (Å²) in [5, 5.41) is 2.01. The van der Waals surface area contributed by atoms with Crippen molar-refractivity contribution in [1.29, 1.82) is 0 Å². The fourth-order valence-electron chi connectivity index (χ4n) is 1.21. The average Bonchev–Trinajstić information content (AvgIpc) is 2.28. The highest BCUT2D eigenvalue weighted by Crippen LogP contribution is 2.37. The largest absolute Gasteiger partial charge is 0.384 e. The summed E-state index contributed by atoms with van der Waals surface area (Å²) >= 11 is 1.04. The highest BCUT2D eigenvalue weighted by atomic mass is 32.2. The van der Waals surface area contributed by atoms with Crippen LogP contribution < -0.4 is 5.32 Å². The molecule has 4 nitrogen and oxygen atoms in total. The predicted octanol–water partition coefficient (Wildman–Crippen LogP) is 1.01. The van der Waals surface area contributed by atoms with E-state index in [0.717, 1.165) is 11.8 Å². The Bertz CT molecular complexity index is 244. The number of hydrogen-bond acceptors (Lipinski definition) is 4. The number of hydrogen-bond donors (Lipinski definition) is 1. The van der Waals surface area contributed by atoms with Gasteiger partial charge >= 0.3 is 0 Å². The van der Waals surface area contributed by atoms with Gasteiger partial charge in [0, 0.05) is 13.0 Å². The molecule has 1 saturated heterocycles. The molecular weight excluding hydrogens is 190 g/mol. The molecule has 5 heteroatoms. The summed E-state index contributed by atoms with van der Waals surface area (Å²) in [7, 11) is 1.58. The number of amides is 2. The van der Waals surface area contributed by atoms with Gasteiger partial charge in [0.15, 0.2) is 0 Å². The highest BCUT2D eigenvalue weighted by Gasteiger charge is 2.47. The Hall–Kier alpha value is -0.550. The average molecular weight is 203 g/mol. The van der Waals surface area contributed by atoms with Crippen LogP contribution in [0.2, 0.25) is 0 Å². The molecule has 0 bridgehead atoms. The van der Waals surface area contributed by atoms with E-state index in [2.05, 4.69) is 5.32 Å². The van der Waals surface area contributed by atoms with Gasteiger partial charge in [-0.05, 0) is 18.7 Å². The summed E-state index contributed by atoms with van der Waals surface area (Å²) in [6.07, 6.45) is 0. The molecule has 1 heterocycles. The van der Waals surface area contributed by atoms with Gasteiger partial charge in [0.25, 0.3) is 5.24 Å². The number of carbonyl (C=O) groups is 2. The molecule has 1 aliphatic heterocycles. The Morgan fingerprint density at radius 1 is 1.62 bits per heavy atom. The van der Waals surface area contributed by atoms with E-state index in [0.29, 0.717) is 6.61 Å². The Kier molecular flexibility index (Phi) is 2.98. The standard InChI is InChI=1S/C8H13NO3S/c1-5(4-12-3)8(2)6(10)9-7(11)13-8/h5H,4H2,1-3H3,(H,9,10,11). The lowest BCUT2D eigenvalue weighted by Gasteiger charge is -2.25. The van der Waals surface area contributed by atoms with Crippen molar-refractivity contribution in [3.8, 4) is 0 Å². The van der Waals surface area contributed by atoms with E-state index < -0.39 is 4.75 Å². The molecule has 0 aromatic heterocycles. The van der Waals surface area contributed by atoms with E-state index in [9.17, 15) is 9.59 Å². The normalized spacial score (nSPS) is 30.4. The molecule has 2 unspecified atom stereocenters. The Morgan fingerprint density at radius 2 is 2.23 bits per heavy atom. The van der Waals surface area contributed by atoms with Crippen molar-refractivity contribution in [3.63, 3.8) is 0 Å². The van der Waals surface area contributed by atoms with Crippen LogP contribution >= 0.6 is 11.8 Å². The van der Waals surface area contributed by atoms with Gasteiger partial charge in [-0.15, -0.1) is 0 Å². The zero-order chi connectivity index (χ0) is 10.1. The van der Waals surface area contributed by atoms with E-state index in [1.807, 2.05) is 6.92 Å². The van der Waals surface area contributed by atoms with Crippen molar-refractivity contribution >= 4 is 22.9 Å². The van der Waals surface area contributed by atoms with Crippen LogP contribution in [-0.4, -0.2) is 29.6 Å². The maximum absolute atomic E-state index is 11.4. The van der Waals surface area contributed by atoms with E-state index in [1.165, 1.54) is 0 Å². The number of carbonyl (C=O) groups excluding carboxylic acids is 2. The van der Waals surface area contributed by atoms with Crippen LogP contribution in [-0.2, 0) is 9.53 Å². The SMILES string of the molecule is COCC(C)C1(C)SC(=O)NC1=O. The van der Waals surface area contributed by atoms with Crippen molar-refractivity contribution in [3.05, 3.63) is 0 Å². The molecule has 2 atom stereocenters. The summed E-state index contributed by atoms with van der Waals surface area (Å²) < 4.78 is 4.29. The van der Waals surface area contributed by atoms with Crippen molar-refractivity contribution in [1.82, 2.24) is 5.32 Å². The van der Waals surface area contributed by atoms with Crippen LogP contribution in [0.5, 0.6) is 0 Å². The summed E-state index contributed by atoms with van der Waals surface area (Å²) in [5.74, 6) is -0.194. The fraction of sp³-hybridized carbons (Fsp3) is 0.750. The van der Waals surface area contributed by atoms with Gasteiger partial charge in [0.2, 0.25) is 5.91 Å². The van der Waals surface area contributed by atoms with Gasteiger partial charge in [-0.25, -0.2) is 0 Å². The Balaban J connectivity index is 2.75. The maximum atomic E-state index is 11.4. The molecule has 0 spiro atoms. The van der Waals surface area contributed by atoms with Crippen LogP contribution in [0.15, 0.2) is 0 Å². The molecule has 1 fully saturated rings. The maximum Gasteiger partial charge on any atom is 0.286 e. The topological polar surface area (TPSA) is 55.4 Å². The van der Waals surface area contributed by atoms with Gasteiger partial charge in [-0.3, -0.25) is 14.9 Å². The summed E-state index contributed by atoms with van der Waals surface area (Å²) in [6.45, 7) is 4.14. The van der Waals surface area contributed by atoms with Gasteiger partial charge in [0.05, 0.1) is 6.61 Å². The molecule has 13 heavy (non-hydrogen) atoms. The number of methoxy groups -OCH3 is 1. The third-order valence-corrected chi connectivity index (χ3v) is 3.63. The quantitative estimate of drug-likeness (QED) is 0.743. The molecule has 0 aliphatic carbocycles. The second kappa shape index (κ2) is 3.67. The minimum atomic E-state index is -0.674. The van der Waals surface area contributed by atoms with Crippen molar-refractivity contribution in [2.75, 3.05) is 13.7 Å². The minimum Gasteiger partial charge on any atom is -0.384 e. The molecule has 1 rings (SSSR count). The lowest BCUT2D eigenvalue weighted by atomic mass is 9.95. The van der Waals surface area contributed by atoms with Crippen LogP contribution in [0.25, 0.3) is 0 Å². The fourth-order valence-corrected chi connectivity index (χ4v) is 2.16. The van der Waals surface area contributed by atoms with Crippen LogP contribution in [0.4, 0.5) is 4.79 Å². The number of imide groups is 1. The van der Waals surface area contributed by atoms with E-state index in [4.69, 9.17) is 4.74 Å². The zero-order valence-corrected chi connectivity index (χ0v) is 8.73. The van der Waals surface area contributed by atoms with Crippen LogP contribution in [0.3, 0.4) is 0 Å². The first-order valence-electron chi connectivity index (χ1n) is 4.04. The van der Waals surface area contributed by atoms with Gasteiger partial charge in [-0.2, -0.15) is 0 Å². The molecule has 0 saturated carbocycles. The van der Waals surface area contributed by atoms with E-state index >= 15 is 0 Å². The van der Waals surface area contributed by atoms with E-state index in [-0.39, 0.29) is 17.1 Å². The lowest BCUT2D eigenvalue weighted by molar-refractivity contribution is -0.122. The van der Waals surface area contributed by atoms with Crippen LogP contribution in [0.1, 0.15) is 13.8 Å². The molecule has 0 radical (unpaired) electrons. The third-order valence-electron chi connectivity index (χ3n) is 2.33. The summed E-state index contributed by atoms with van der Waals surface area (Å²) in [4.78, 5) is 22.4. The van der Waals surface area contributed by atoms with Crippen molar-refractivity contribution < 1.29 is 14.3 Å². The minimum absolute atomic E-state index is 0.0222. The number of rotatable bonds is 3. The smallest absolute Gasteiger partial charge is 0.286 e. The first kappa shape index (κ1) is 10.5. The molecule has 1 N–H and O–H groups in total. The van der Waals surface area contributed by atoms with Gasteiger partial charge in [-0.1, -0.05) is 6.92 Å². The summed E-state index contributed by atoms with van der Waals surface area (Å²) in [6, 6.07) is 0. The first-order chi connectivity index (χ1) is 6.00. The molecular formula is C8H13NO3S. The Labute approximate surface area is 81.4 Å². The zero-order valence-electron chi connectivity index (χ0n) is 7.92. The molecule has 1 aliphatic rings.